The lowest BCUT2D eigenvalue weighted by Crippen LogP contribution is -2.52. The average molecular weight is 507 g/mol. The van der Waals surface area contributed by atoms with Crippen LogP contribution in [-0.2, 0) is 18.0 Å². The number of piperidine rings is 2. The van der Waals surface area contributed by atoms with Gasteiger partial charge in [0, 0.05) is 35.9 Å². The van der Waals surface area contributed by atoms with E-state index in [1.807, 2.05) is 24.3 Å². The number of halogens is 4. The molecular formula is C28H34F4N2O2. The topological polar surface area (TPSA) is 52.6 Å². The summed E-state index contributed by atoms with van der Waals surface area (Å²) in [6.07, 6.45) is 1.52. The van der Waals surface area contributed by atoms with Gasteiger partial charge in [-0.25, -0.2) is 4.39 Å². The van der Waals surface area contributed by atoms with Gasteiger partial charge in [0.25, 0.3) is 0 Å². The van der Waals surface area contributed by atoms with E-state index >= 15 is 0 Å². The van der Waals surface area contributed by atoms with E-state index in [4.69, 9.17) is 0 Å². The van der Waals surface area contributed by atoms with Gasteiger partial charge in [-0.1, -0.05) is 24.6 Å². The Morgan fingerprint density at radius 2 is 1.69 bits per heavy atom. The molecule has 4 nitrogen and oxygen atoms in total. The molecule has 36 heavy (non-hydrogen) atoms. The largest absolute Gasteiger partial charge is 0.481 e. The molecule has 8 heteroatoms. The van der Waals surface area contributed by atoms with Crippen molar-refractivity contribution >= 4 is 22.4 Å². The van der Waals surface area contributed by atoms with Crippen molar-refractivity contribution in [3.8, 4) is 0 Å². The molecule has 2 atom stereocenters. The molecule has 0 spiro atoms. The number of carboxylic acid groups (broad SMARTS) is 1. The number of nitrogens with zero attached hydrogens (tertiary/aromatic N) is 1. The summed E-state index contributed by atoms with van der Waals surface area (Å²) >= 11 is 0. The molecule has 5 rings (SSSR count). The van der Waals surface area contributed by atoms with Crippen molar-refractivity contribution in [3.05, 3.63) is 41.5 Å². The van der Waals surface area contributed by atoms with Gasteiger partial charge in [-0.15, -0.1) is 0 Å². The van der Waals surface area contributed by atoms with Crippen molar-refractivity contribution in [2.45, 2.75) is 95.3 Å². The first-order valence-electron chi connectivity index (χ1n) is 13.1. The molecule has 2 bridgehead atoms. The normalized spacial score (nSPS) is 29.3. The number of rotatable bonds is 6. The lowest BCUT2D eigenvalue weighted by molar-refractivity contribution is -0.182. The quantitative estimate of drug-likeness (QED) is 0.412. The van der Waals surface area contributed by atoms with Crippen LogP contribution in [0.1, 0.15) is 68.9 Å². The molecule has 2 aromatic carbocycles. The van der Waals surface area contributed by atoms with Gasteiger partial charge in [0.2, 0.25) is 0 Å². The van der Waals surface area contributed by atoms with E-state index in [1.54, 1.807) is 0 Å². The standard InChI is InChI=1S/C28H34F4N2O2/c29-15-25-24-10-4-17(16-34-22-2-1-3-23(34)14-19(13-22)27(35)36)12-18(24)5-11-26(25)33-21-8-6-20(7-9-21)28(30,31)32/h4-5,10-12,19-23,33H,1-3,6-9,13-16H2,(H,35,36)/t19?,20-,21+,22?,23?. The number of alkyl halides is 4. The van der Waals surface area contributed by atoms with Gasteiger partial charge in [-0.3, -0.25) is 9.69 Å². The number of nitrogens with one attached hydrogen (secondary N) is 1. The van der Waals surface area contributed by atoms with Crippen LogP contribution >= 0.6 is 0 Å². The monoisotopic (exact) mass is 506 g/mol. The maximum atomic E-state index is 14.2. The highest BCUT2D eigenvalue weighted by atomic mass is 19.4. The van der Waals surface area contributed by atoms with Crippen molar-refractivity contribution in [3.63, 3.8) is 0 Å². The molecule has 0 amide bonds. The van der Waals surface area contributed by atoms with Crippen LogP contribution in [0.5, 0.6) is 0 Å². The van der Waals surface area contributed by atoms with Crippen molar-refractivity contribution in [1.29, 1.82) is 0 Å². The van der Waals surface area contributed by atoms with E-state index < -0.39 is 24.7 Å². The smallest absolute Gasteiger partial charge is 0.391 e. The van der Waals surface area contributed by atoms with E-state index in [1.165, 1.54) is 0 Å². The predicted octanol–water partition coefficient (Wildman–Crippen LogP) is 7.06. The van der Waals surface area contributed by atoms with E-state index in [-0.39, 0.29) is 36.9 Å². The van der Waals surface area contributed by atoms with Crippen molar-refractivity contribution < 1.29 is 27.5 Å². The van der Waals surface area contributed by atoms with Gasteiger partial charge < -0.3 is 10.4 Å². The number of hydrogen-bond donors (Lipinski definition) is 2. The Morgan fingerprint density at radius 3 is 2.31 bits per heavy atom. The minimum absolute atomic E-state index is 0.0845. The lowest BCUT2D eigenvalue weighted by Gasteiger charge is -2.48. The molecule has 2 heterocycles. The van der Waals surface area contributed by atoms with Gasteiger partial charge in [-0.2, -0.15) is 13.2 Å². The molecule has 2 unspecified atom stereocenters. The molecule has 1 saturated carbocycles. The number of aliphatic carboxylic acids is 1. The van der Waals surface area contributed by atoms with Crippen LogP contribution in [0.2, 0.25) is 0 Å². The summed E-state index contributed by atoms with van der Waals surface area (Å²) in [6, 6.07) is 10.4. The highest BCUT2D eigenvalue weighted by Gasteiger charge is 2.42. The number of carbonyl (C=O) groups is 1. The number of fused-ring (bicyclic) bond motifs is 3. The second kappa shape index (κ2) is 10.2. The summed E-state index contributed by atoms with van der Waals surface area (Å²) in [5, 5.41) is 14.6. The Labute approximate surface area is 209 Å². The zero-order chi connectivity index (χ0) is 25.4. The average Bonchev–Trinajstić information content (AvgIpc) is 2.83. The van der Waals surface area contributed by atoms with Gasteiger partial charge >= 0.3 is 12.1 Å². The Balaban J connectivity index is 1.30. The molecule has 2 saturated heterocycles. The third-order valence-corrected chi connectivity index (χ3v) is 8.72. The van der Waals surface area contributed by atoms with Crippen molar-refractivity contribution in [2.24, 2.45) is 11.8 Å². The molecule has 2 aromatic rings. The molecular weight excluding hydrogens is 472 g/mol. The van der Waals surface area contributed by atoms with Crippen LogP contribution in [0.15, 0.2) is 30.3 Å². The minimum atomic E-state index is -4.14. The van der Waals surface area contributed by atoms with E-state index in [0.717, 1.165) is 42.1 Å². The first-order valence-corrected chi connectivity index (χ1v) is 13.1. The number of carboxylic acids is 1. The fraction of sp³-hybridized carbons (Fsp3) is 0.607. The molecule has 3 aliphatic rings. The van der Waals surface area contributed by atoms with E-state index in [0.29, 0.717) is 36.9 Å². The van der Waals surface area contributed by atoms with Crippen LogP contribution in [0.4, 0.5) is 23.2 Å². The predicted molar refractivity (Wildman–Crippen MR) is 132 cm³/mol. The SMILES string of the molecule is O=C(O)C1CC2CCCC(C1)N2Cc1ccc2c(CF)c(N[C@H]3CC[C@@H](C(F)(F)F)CC3)ccc2c1. The van der Waals surface area contributed by atoms with E-state index in [2.05, 4.69) is 16.3 Å². The summed E-state index contributed by atoms with van der Waals surface area (Å²) < 4.78 is 53.1. The molecule has 1 aliphatic carbocycles. The molecule has 2 aliphatic heterocycles. The third kappa shape index (κ3) is 5.20. The Hall–Kier alpha value is -2.35. The fourth-order valence-corrected chi connectivity index (χ4v) is 6.76. The first kappa shape index (κ1) is 25.3. The molecule has 3 fully saturated rings. The van der Waals surface area contributed by atoms with E-state index in [9.17, 15) is 27.5 Å². The summed E-state index contributed by atoms with van der Waals surface area (Å²) in [4.78, 5) is 14.0. The maximum Gasteiger partial charge on any atom is 0.391 e. The van der Waals surface area contributed by atoms with Gasteiger partial charge in [0.05, 0.1) is 11.8 Å². The van der Waals surface area contributed by atoms with Crippen LogP contribution in [0.3, 0.4) is 0 Å². The number of hydrogen-bond acceptors (Lipinski definition) is 3. The summed E-state index contributed by atoms with van der Waals surface area (Å²) in [5.41, 5.74) is 2.35. The maximum absolute atomic E-state index is 14.2. The fourth-order valence-electron chi connectivity index (χ4n) is 6.76. The number of benzene rings is 2. The molecule has 2 N–H and O–H groups in total. The molecule has 0 radical (unpaired) electrons. The highest BCUT2D eigenvalue weighted by Crippen LogP contribution is 2.40. The molecule has 0 aromatic heterocycles. The van der Waals surface area contributed by atoms with Gasteiger partial charge in [0.15, 0.2) is 0 Å². The van der Waals surface area contributed by atoms with Crippen LogP contribution in [0.25, 0.3) is 10.8 Å². The Morgan fingerprint density at radius 1 is 1.00 bits per heavy atom. The Bertz CT molecular complexity index is 1080. The zero-order valence-corrected chi connectivity index (χ0v) is 20.4. The first-order chi connectivity index (χ1) is 17.2. The summed E-state index contributed by atoms with van der Waals surface area (Å²) in [7, 11) is 0. The van der Waals surface area contributed by atoms with Crippen LogP contribution in [-0.4, -0.2) is 40.3 Å². The summed E-state index contributed by atoms with van der Waals surface area (Å²) in [5.74, 6) is -2.18. The third-order valence-electron chi connectivity index (χ3n) is 8.72. The van der Waals surface area contributed by atoms with Gasteiger partial charge in [0.1, 0.15) is 6.67 Å². The van der Waals surface area contributed by atoms with Crippen molar-refractivity contribution in [2.75, 3.05) is 5.32 Å². The van der Waals surface area contributed by atoms with Crippen LogP contribution < -0.4 is 5.32 Å². The number of anilines is 1. The summed E-state index contributed by atoms with van der Waals surface area (Å²) in [6.45, 7) is 0.106. The second-order valence-electron chi connectivity index (χ2n) is 10.9. The molecule has 196 valence electrons. The Kier molecular flexibility index (Phi) is 7.16. The zero-order valence-electron chi connectivity index (χ0n) is 20.4. The minimum Gasteiger partial charge on any atom is -0.481 e. The van der Waals surface area contributed by atoms with Gasteiger partial charge in [-0.05, 0) is 79.8 Å². The second-order valence-corrected chi connectivity index (χ2v) is 10.9. The lowest BCUT2D eigenvalue weighted by atomic mass is 9.78. The highest BCUT2D eigenvalue weighted by molar-refractivity contribution is 5.90. The van der Waals surface area contributed by atoms with Crippen molar-refractivity contribution in [1.82, 2.24) is 4.90 Å². The van der Waals surface area contributed by atoms with Crippen LogP contribution in [0, 0.1) is 11.8 Å².